The molecule has 7 nitrogen and oxygen atoms in total. The van der Waals surface area contributed by atoms with Gasteiger partial charge in [0.1, 0.15) is 5.82 Å². The fourth-order valence-corrected chi connectivity index (χ4v) is 3.26. The van der Waals surface area contributed by atoms with Crippen LogP contribution in [-0.4, -0.2) is 37.9 Å². The minimum atomic E-state index is -3.66. The van der Waals surface area contributed by atoms with E-state index in [-0.39, 0.29) is 41.0 Å². The van der Waals surface area contributed by atoms with Crippen molar-refractivity contribution in [2.45, 2.75) is 6.42 Å². The number of carbonyl (C=O) groups is 2. The van der Waals surface area contributed by atoms with Gasteiger partial charge >= 0.3 is 0 Å². The van der Waals surface area contributed by atoms with Crippen LogP contribution >= 0.6 is 11.6 Å². The summed E-state index contributed by atoms with van der Waals surface area (Å²) in [6.07, 6.45) is 1.94. The standard InChI is InChI=1S/C11H12ClN3O4S/c12-9-1-2-14-11(8(9)5-16)15-4-7(3-10(15)17)6-20(13,18)19/h1-2,5,7H,3-4,6H2,(H2,13,18,19). The summed E-state index contributed by atoms with van der Waals surface area (Å²) < 4.78 is 22.1. The minimum Gasteiger partial charge on any atom is -0.298 e. The molecule has 1 aliphatic rings. The van der Waals surface area contributed by atoms with Gasteiger partial charge in [-0.3, -0.25) is 14.5 Å². The second-order valence-corrected chi connectivity index (χ2v) is 6.62. The van der Waals surface area contributed by atoms with Crippen LogP contribution < -0.4 is 10.0 Å². The number of halogens is 1. The lowest BCUT2D eigenvalue weighted by Crippen LogP contribution is -2.29. The van der Waals surface area contributed by atoms with Gasteiger partial charge in [0.2, 0.25) is 15.9 Å². The Bertz CT molecular complexity index is 662. The highest BCUT2D eigenvalue weighted by atomic mass is 35.5. The molecular weight excluding hydrogens is 306 g/mol. The molecule has 1 saturated heterocycles. The van der Waals surface area contributed by atoms with Crippen LogP contribution in [0.3, 0.4) is 0 Å². The Morgan fingerprint density at radius 3 is 2.85 bits per heavy atom. The molecule has 1 atom stereocenters. The van der Waals surface area contributed by atoms with Crippen molar-refractivity contribution in [3.8, 4) is 0 Å². The van der Waals surface area contributed by atoms with Crippen LogP contribution in [-0.2, 0) is 14.8 Å². The molecule has 0 saturated carbocycles. The average molecular weight is 318 g/mol. The van der Waals surface area contributed by atoms with E-state index in [0.717, 1.165) is 0 Å². The average Bonchev–Trinajstić information content (AvgIpc) is 2.67. The van der Waals surface area contributed by atoms with Gasteiger partial charge in [0.25, 0.3) is 0 Å². The molecule has 1 amide bonds. The third-order valence-electron chi connectivity index (χ3n) is 2.96. The van der Waals surface area contributed by atoms with Crippen LogP contribution in [0.15, 0.2) is 12.3 Å². The molecular formula is C11H12ClN3O4S. The van der Waals surface area contributed by atoms with Gasteiger partial charge in [-0.25, -0.2) is 18.5 Å². The quantitative estimate of drug-likeness (QED) is 0.797. The van der Waals surface area contributed by atoms with Gasteiger partial charge in [-0.1, -0.05) is 11.6 Å². The highest BCUT2D eigenvalue weighted by Gasteiger charge is 2.34. The fourth-order valence-electron chi connectivity index (χ4n) is 2.19. The number of primary sulfonamides is 1. The van der Waals surface area contributed by atoms with Crippen molar-refractivity contribution in [3.63, 3.8) is 0 Å². The van der Waals surface area contributed by atoms with Gasteiger partial charge in [0.05, 0.1) is 16.3 Å². The van der Waals surface area contributed by atoms with E-state index in [1.165, 1.54) is 17.2 Å². The summed E-state index contributed by atoms with van der Waals surface area (Å²) in [5, 5.41) is 5.16. The monoisotopic (exact) mass is 317 g/mol. The van der Waals surface area contributed by atoms with Gasteiger partial charge < -0.3 is 0 Å². The molecule has 20 heavy (non-hydrogen) atoms. The Morgan fingerprint density at radius 2 is 2.25 bits per heavy atom. The minimum absolute atomic E-state index is 0.0446. The first-order valence-corrected chi connectivity index (χ1v) is 7.81. The lowest BCUT2D eigenvalue weighted by Gasteiger charge is -2.17. The second-order valence-electron chi connectivity index (χ2n) is 4.55. The van der Waals surface area contributed by atoms with E-state index in [4.69, 9.17) is 16.7 Å². The van der Waals surface area contributed by atoms with Crippen molar-refractivity contribution in [2.75, 3.05) is 17.2 Å². The summed E-state index contributed by atoms with van der Waals surface area (Å²) >= 11 is 5.87. The number of nitrogens with two attached hydrogens (primary N) is 1. The summed E-state index contributed by atoms with van der Waals surface area (Å²) in [7, 11) is -3.66. The summed E-state index contributed by atoms with van der Waals surface area (Å²) in [6.45, 7) is 0.142. The van der Waals surface area contributed by atoms with Gasteiger partial charge in [0.15, 0.2) is 6.29 Å². The Balaban J connectivity index is 2.29. The van der Waals surface area contributed by atoms with Crippen LogP contribution in [0.1, 0.15) is 16.8 Å². The van der Waals surface area contributed by atoms with Crippen LogP contribution in [0.2, 0.25) is 5.02 Å². The molecule has 1 unspecified atom stereocenters. The molecule has 0 aromatic carbocycles. The maximum absolute atomic E-state index is 11.9. The number of pyridine rings is 1. The molecule has 2 heterocycles. The summed E-state index contributed by atoms with van der Waals surface area (Å²) in [5.74, 6) is -0.865. The summed E-state index contributed by atoms with van der Waals surface area (Å²) in [6, 6.07) is 1.44. The molecule has 2 N–H and O–H groups in total. The van der Waals surface area contributed by atoms with Crippen molar-refractivity contribution in [3.05, 3.63) is 22.8 Å². The molecule has 1 aromatic heterocycles. The number of hydrogen-bond acceptors (Lipinski definition) is 5. The number of carbonyl (C=O) groups excluding carboxylic acids is 2. The van der Waals surface area contributed by atoms with Crippen molar-refractivity contribution in [1.82, 2.24) is 4.98 Å². The Hall–Kier alpha value is -1.51. The zero-order chi connectivity index (χ0) is 14.9. The molecule has 9 heteroatoms. The maximum atomic E-state index is 11.9. The topological polar surface area (TPSA) is 110 Å². The smallest absolute Gasteiger partial charge is 0.228 e. The lowest BCUT2D eigenvalue weighted by atomic mass is 10.1. The van der Waals surface area contributed by atoms with Crippen LogP contribution in [0.5, 0.6) is 0 Å². The molecule has 0 aliphatic carbocycles. The first-order valence-electron chi connectivity index (χ1n) is 5.72. The summed E-state index contributed by atoms with van der Waals surface area (Å²) in [5.41, 5.74) is 0.110. The first kappa shape index (κ1) is 14.9. The number of aromatic nitrogens is 1. The Labute approximate surface area is 120 Å². The maximum Gasteiger partial charge on any atom is 0.228 e. The molecule has 0 bridgehead atoms. The second kappa shape index (κ2) is 5.47. The molecule has 2 rings (SSSR count). The van der Waals surface area contributed by atoms with E-state index < -0.39 is 15.9 Å². The van der Waals surface area contributed by atoms with E-state index in [9.17, 15) is 18.0 Å². The zero-order valence-corrected chi connectivity index (χ0v) is 11.9. The van der Waals surface area contributed by atoms with Gasteiger partial charge in [0, 0.05) is 25.1 Å². The molecule has 0 radical (unpaired) electrons. The number of sulfonamides is 1. The normalized spacial score (nSPS) is 19.4. The molecule has 1 aliphatic heterocycles. The number of rotatable bonds is 4. The molecule has 1 aromatic rings. The third-order valence-corrected chi connectivity index (χ3v) is 4.23. The number of anilines is 1. The highest BCUT2D eigenvalue weighted by molar-refractivity contribution is 7.89. The number of aldehydes is 1. The number of amides is 1. The predicted molar refractivity (Wildman–Crippen MR) is 73.1 cm³/mol. The van der Waals surface area contributed by atoms with Crippen LogP contribution in [0, 0.1) is 5.92 Å². The summed E-state index contributed by atoms with van der Waals surface area (Å²) in [4.78, 5) is 28.2. The Kier molecular flexibility index (Phi) is 4.07. The van der Waals surface area contributed by atoms with E-state index in [1.807, 2.05) is 0 Å². The van der Waals surface area contributed by atoms with Gasteiger partial charge in [-0.2, -0.15) is 0 Å². The van der Waals surface area contributed by atoms with Gasteiger partial charge in [-0.15, -0.1) is 0 Å². The fraction of sp³-hybridized carbons (Fsp3) is 0.364. The van der Waals surface area contributed by atoms with Crippen LogP contribution in [0.25, 0.3) is 0 Å². The highest BCUT2D eigenvalue weighted by Crippen LogP contribution is 2.29. The SMILES string of the molecule is NS(=O)(=O)CC1CC(=O)N(c2nccc(Cl)c2C=O)C1. The third kappa shape index (κ3) is 3.14. The van der Waals surface area contributed by atoms with E-state index in [2.05, 4.69) is 4.98 Å². The predicted octanol–water partition coefficient (Wildman–Crippen LogP) is 0.189. The molecule has 108 valence electrons. The van der Waals surface area contributed by atoms with Crippen molar-refractivity contribution >= 4 is 39.6 Å². The number of nitrogens with zero attached hydrogens (tertiary/aromatic N) is 2. The van der Waals surface area contributed by atoms with Crippen LogP contribution in [0.4, 0.5) is 5.82 Å². The van der Waals surface area contributed by atoms with Gasteiger partial charge in [-0.05, 0) is 6.07 Å². The van der Waals surface area contributed by atoms with E-state index >= 15 is 0 Å². The van der Waals surface area contributed by atoms with Crippen molar-refractivity contribution < 1.29 is 18.0 Å². The number of hydrogen-bond donors (Lipinski definition) is 1. The Morgan fingerprint density at radius 1 is 1.55 bits per heavy atom. The largest absolute Gasteiger partial charge is 0.298 e. The van der Waals surface area contributed by atoms with Crippen molar-refractivity contribution in [2.24, 2.45) is 11.1 Å². The first-order chi connectivity index (χ1) is 9.31. The molecule has 0 spiro atoms. The van der Waals surface area contributed by atoms with E-state index in [1.54, 1.807) is 0 Å². The zero-order valence-electron chi connectivity index (χ0n) is 10.3. The van der Waals surface area contributed by atoms with Crippen molar-refractivity contribution in [1.29, 1.82) is 0 Å². The van der Waals surface area contributed by atoms with E-state index in [0.29, 0.717) is 6.29 Å². The molecule has 1 fully saturated rings. The lowest BCUT2D eigenvalue weighted by molar-refractivity contribution is -0.117.